The highest BCUT2D eigenvalue weighted by atomic mass is 16.1. The maximum absolute atomic E-state index is 11.4. The zero-order valence-electron chi connectivity index (χ0n) is 7.34. The first kappa shape index (κ1) is 8.49. The molecule has 2 aromatic heterocycles. The van der Waals surface area contributed by atoms with Crippen molar-refractivity contribution in [2.75, 3.05) is 5.32 Å². The first-order valence-corrected chi connectivity index (χ1v) is 4.09. The lowest BCUT2D eigenvalue weighted by atomic mass is 10.5. The zero-order valence-corrected chi connectivity index (χ0v) is 7.34. The summed E-state index contributed by atoms with van der Waals surface area (Å²) in [6.45, 7) is 0.255. The van der Waals surface area contributed by atoms with Crippen LogP contribution in [-0.2, 0) is 11.3 Å². The summed E-state index contributed by atoms with van der Waals surface area (Å²) in [5, 5.41) is 9.00. The Kier molecular flexibility index (Phi) is 2.26. The lowest BCUT2D eigenvalue weighted by Crippen LogP contribution is -2.17. The van der Waals surface area contributed by atoms with E-state index in [4.69, 9.17) is 0 Å². The molecule has 2 heterocycles. The van der Waals surface area contributed by atoms with Gasteiger partial charge in [-0.15, -0.1) is 0 Å². The van der Waals surface area contributed by atoms with Gasteiger partial charge in [0, 0.05) is 18.6 Å². The Morgan fingerprint density at radius 2 is 2.57 bits per heavy atom. The van der Waals surface area contributed by atoms with Gasteiger partial charge in [-0.05, 0) is 0 Å². The summed E-state index contributed by atoms with van der Waals surface area (Å²) >= 11 is 0. The number of anilines is 1. The Bertz CT molecular complexity index is 353. The minimum absolute atomic E-state index is 0.107. The van der Waals surface area contributed by atoms with Crippen LogP contribution >= 0.6 is 0 Å². The Morgan fingerprint density at radius 1 is 1.64 bits per heavy atom. The molecule has 0 saturated carbocycles. The van der Waals surface area contributed by atoms with Gasteiger partial charge < -0.3 is 9.88 Å². The number of hydrogen-bond acceptors (Lipinski definition) is 3. The third-order valence-corrected chi connectivity index (χ3v) is 1.67. The highest BCUT2D eigenvalue weighted by molar-refractivity contribution is 5.90. The largest absolute Gasteiger partial charge is 0.328 e. The van der Waals surface area contributed by atoms with Crippen molar-refractivity contribution in [2.24, 2.45) is 0 Å². The van der Waals surface area contributed by atoms with E-state index in [0.717, 1.165) is 0 Å². The van der Waals surface area contributed by atoms with Crippen molar-refractivity contribution in [1.29, 1.82) is 0 Å². The molecule has 1 amide bonds. The molecule has 6 nitrogen and oxygen atoms in total. The first-order chi connectivity index (χ1) is 6.84. The van der Waals surface area contributed by atoms with Gasteiger partial charge >= 0.3 is 0 Å². The molecule has 0 spiro atoms. The first-order valence-electron chi connectivity index (χ1n) is 4.09. The van der Waals surface area contributed by atoms with Gasteiger partial charge in [0.25, 0.3) is 0 Å². The SMILES string of the molecule is O=C(Cn1ccnc1)Nc1cn[nH]c1. The summed E-state index contributed by atoms with van der Waals surface area (Å²) in [6.07, 6.45) is 8.12. The number of hydrogen-bond donors (Lipinski definition) is 2. The Labute approximate surface area is 80.0 Å². The van der Waals surface area contributed by atoms with Gasteiger partial charge in [0.2, 0.25) is 5.91 Å². The Balaban J connectivity index is 1.91. The van der Waals surface area contributed by atoms with Crippen LogP contribution in [0.2, 0.25) is 0 Å². The minimum Gasteiger partial charge on any atom is -0.328 e. The minimum atomic E-state index is -0.107. The number of imidazole rings is 1. The molecule has 2 aromatic rings. The van der Waals surface area contributed by atoms with E-state index in [1.54, 1.807) is 35.7 Å². The van der Waals surface area contributed by atoms with Gasteiger partial charge in [-0.1, -0.05) is 0 Å². The number of amides is 1. The lowest BCUT2D eigenvalue weighted by Gasteiger charge is -2.01. The van der Waals surface area contributed by atoms with Crippen LogP contribution in [0.25, 0.3) is 0 Å². The summed E-state index contributed by atoms with van der Waals surface area (Å²) in [7, 11) is 0. The van der Waals surface area contributed by atoms with E-state index in [2.05, 4.69) is 20.5 Å². The average Bonchev–Trinajstić information content (AvgIpc) is 2.76. The maximum Gasteiger partial charge on any atom is 0.244 e. The highest BCUT2D eigenvalue weighted by Crippen LogP contribution is 2.00. The van der Waals surface area contributed by atoms with E-state index in [-0.39, 0.29) is 12.5 Å². The number of carbonyl (C=O) groups is 1. The molecule has 0 saturated heterocycles. The van der Waals surface area contributed by atoms with Crippen molar-refractivity contribution in [3.63, 3.8) is 0 Å². The van der Waals surface area contributed by atoms with Gasteiger partial charge in [-0.25, -0.2) is 4.98 Å². The van der Waals surface area contributed by atoms with E-state index >= 15 is 0 Å². The number of nitrogens with zero attached hydrogens (tertiary/aromatic N) is 3. The molecule has 0 aliphatic rings. The number of aromatic nitrogens is 4. The topological polar surface area (TPSA) is 75.6 Å². The van der Waals surface area contributed by atoms with Gasteiger partial charge in [-0.2, -0.15) is 5.10 Å². The molecule has 0 unspecified atom stereocenters. The van der Waals surface area contributed by atoms with Crippen molar-refractivity contribution in [3.8, 4) is 0 Å². The molecule has 0 aliphatic carbocycles. The number of nitrogens with one attached hydrogen (secondary N) is 2. The molecule has 6 heteroatoms. The van der Waals surface area contributed by atoms with E-state index in [9.17, 15) is 4.79 Å². The highest BCUT2D eigenvalue weighted by Gasteiger charge is 2.02. The van der Waals surface area contributed by atoms with Gasteiger partial charge in [0.15, 0.2) is 0 Å². The van der Waals surface area contributed by atoms with Crippen LogP contribution in [0.4, 0.5) is 5.69 Å². The number of aromatic amines is 1. The van der Waals surface area contributed by atoms with E-state index in [1.807, 2.05) is 0 Å². The molecular weight excluding hydrogens is 182 g/mol. The smallest absolute Gasteiger partial charge is 0.244 e. The molecule has 0 atom stereocenters. The molecule has 14 heavy (non-hydrogen) atoms. The fraction of sp³-hybridized carbons (Fsp3) is 0.125. The van der Waals surface area contributed by atoms with Gasteiger partial charge in [0.1, 0.15) is 6.54 Å². The molecule has 2 N–H and O–H groups in total. The third kappa shape index (κ3) is 1.98. The predicted octanol–water partition coefficient (Wildman–Crippen LogP) is 0.245. The van der Waals surface area contributed by atoms with E-state index in [0.29, 0.717) is 5.69 Å². The van der Waals surface area contributed by atoms with Gasteiger partial charge in [-0.3, -0.25) is 9.89 Å². The van der Waals surface area contributed by atoms with Crippen molar-refractivity contribution in [2.45, 2.75) is 6.54 Å². The summed E-state index contributed by atoms with van der Waals surface area (Å²) in [5.41, 5.74) is 0.662. The normalized spacial score (nSPS) is 10.0. The standard InChI is InChI=1S/C8H9N5O/c14-8(5-13-2-1-9-6-13)12-7-3-10-11-4-7/h1-4,6H,5H2,(H,10,11)(H,12,14). The molecule has 72 valence electrons. The maximum atomic E-state index is 11.4. The van der Waals surface area contributed by atoms with Crippen LogP contribution in [0, 0.1) is 0 Å². The third-order valence-electron chi connectivity index (χ3n) is 1.67. The van der Waals surface area contributed by atoms with Crippen LogP contribution in [0.1, 0.15) is 0 Å². The second-order valence-electron chi connectivity index (χ2n) is 2.77. The fourth-order valence-electron chi connectivity index (χ4n) is 1.07. The van der Waals surface area contributed by atoms with Crippen LogP contribution in [-0.4, -0.2) is 25.7 Å². The van der Waals surface area contributed by atoms with E-state index in [1.165, 1.54) is 0 Å². The molecule has 0 radical (unpaired) electrons. The van der Waals surface area contributed by atoms with Gasteiger partial charge in [0.05, 0.1) is 18.2 Å². The number of carbonyl (C=O) groups excluding carboxylic acids is 1. The number of H-pyrrole nitrogens is 1. The van der Waals surface area contributed by atoms with Crippen molar-refractivity contribution >= 4 is 11.6 Å². The molecule has 0 aromatic carbocycles. The van der Waals surface area contributed by atoms with Crippen LogP contribution in [0.15, 0.2) is 31.1 Å². The average molecular weight is 191 g/mol. The summed E-state index contributed by atoms with van der Waals surface area (Å²) in [6, 6.07) is 0. The predicted molar refractivity (Wildman–Crippen MR) is 49.4 cm³/mol. The summed E-state index contributed by atoms with van der Waals surface area (Å²) in [4.78, 5) is 15.2. The molecule has 0 fully saturated rings. The summed E-state index contributed by atoms with van der Waals surface area (Å²) < 4.78 is 1.69. The molecule has 0 bridgehead atoms. The molecule has 2 rings (SSSR count). The lowest BCUT2D eigenvalue weighted by molar-refractivity contribution is -0.116. The van der Waals surface area contributed by atoms with Crippen molar-refractivity contribution in [3.05, 3.63) is 31.1 Å². The molecule has 0 aliphatic heterocycles. The number of rotatable bonds is 3. The Morgan fingerprint density at radius 3 is 3.21 bits per heavy atom. The molecular formula is C8H9N5O. The Hall–Kier alpha value is -2.11. The summed E-state index contributed by atoms with van der Waals surface area (Å²) in [5.74, 6) is -0.107. The monoisotopic (exact) mass is 191 g/mol. The van der Waals surface area contributed by atoms with Crippen LogP contribution in [0.3, 0.4) is 0 Å². The van der Waals surface area contributed by atoms with Crippen molar-refractivity contribution in [1.82, 2.24) is 19.7 Å². The van der Waals surface area contributed by atoms with Crippen LogP contribution in [0.5, 0.6) is 0 Å². The van der Waals surface area contributed by atoms with Crippen LogP contribution < -0.4 is 5.32 Å². The zero-order chi connectivity index (χ0) is 9.80. The quantitative estimate of drug-likeness (QED) is 0.729. The van der Waals surface area contributed by atoms with Crippen molar-refractivity contribution < 1.29 is 4.79 Å². The fourth-order valence-corrected chi connectivity index (χ4v) is 1.07. The second-order valence-corrected chi connectivity index (χ2v) is 2.77. The van der Waals surface area contributed by atoms with E-state index < -0.39 is 0 Å². The second kappa shape index (κ2) is 3.73.